The van der Waals surface area contributed by atoms with Gasteiger partial charge in [0.1, 0.15) is 0 Å². The Hall–Kier alpha value is -1.98. The molecule has 0 aromatic carbocycles. The summed E-state index contributed by atoms with van der Waals surface area (Å²) in [5.41, 5.74) is 7.99. The molecule has 94 valence electrons. The molecule has 7 nitrogen and oxygen atoms in total. The van der Waals surface area contributed by atoms with Crippen LogP contribution in [0.1, 0.15) is 6.92 Å². The normalized spacial score (nSPS) is 8.11. The van der Waals surface area contributed by atoms with Crippen molar-refractivity contribution in [2.45, 2.75) is 13.0 Å². The molecule has 1 atom stereocenters. The van der Waals surface area contributed by atoms with Gasteiger partial charge >= 0.3 is 33.9 Å². The van der Waals surface area contributed by atoms with Crippen molar-refractivity contribution in [2.24, 2.45) is 5.11 Å². The van der Waals surface area contributed by atoms with Crippen LogP contribution in [0.5, 0.6) is 0 Å². The molecule has 0 amide bonds. The van der Waals surface area contributed by atoms with E-state index in [0.717, 1.165) is 0 Å². The summed E-state index contributed by atoms with van der Waals surface area (Å²) >= 11 is 0. The summed E-state index contributed by atoms with van der Waals surface area (Å²) < 4.78 is 22.5. The van der Waals surface area contributed by atoms with Gasteiger partial charge in [-0.1, -0.05) is 30.3 Å². The van der Waals surface area contributed by atoms with Crippen molar-refractivity contribution in [3.8, 4) is 6.07 Å². The third-order valence-corrected chi connectivity index (χ3v) is 0.905. The van der Waals surface area contributed by atoms with Gasteiger partial charge in [-0.05, 0) is 5.53 Å². The molecule has 0 saturated carbocycles. The third-order valence-electron chi connectivity index (χ3n) is 0.905. The van der Waals surface area contributed by atoms with Gasteiger partial charge in [-0.3, -0.25) is 0 Å². The van der Waals surface area contributed by atoms with Crippen LogP contribution in [-0.4, -0.2) is 6.04 Å². The summed E-state index contributed by atoms with van der Waals surface area (Å²) in [5.74, 6) is 0. The molecule has 0 spiro atoms. The van der Waals surface area contributed by atoms with Gasteiger partial charge < -0.3 is 0 Å². The van der Waals surface area contributed by atoms with Gasteiger partial charge in [-0.2, -0.15) is 5.26 Å². The average molecular weight is 288 g/mol. The summed E-state index contributed by atoms with van der Waals surface area (Å²) in [6.45, 7) is 15.3. The van der Waals surface area contributed by atoms with Crippen molar-refractivity contribution in [3.05, 3.63) is 54.7 Å². The molecule has 0 heterocycles. The molecule has 0 aliphatic rings. The maximum absolute atomic E-state index is 8.08. The average Bonchev–Trinajstić information content (AvgIpc) is 2.42. The predicted octanol–water partition coefficient (Wildman–Crippen LogP) is 2.21. The fourth-order valence-electron chi connectivity index (χ4n) is 0.443. The number of azide groups is 1. The zero-order valence-corrected chi connectivity index (χ0v) is 10.4. The number of nitrogens with zero attached hydrogens (tertiary/aromatic N) is 4. The molecule has 0 bridgehead atoms. The van der Waals surface area contributed by atoms with Gasteiger partial charge in [0.15, 0.2) is 0 Å². The summed E-state index contributed by atoms with van der Waals surface area (Å²) in [6.07, 6.45) is 6.30. The van der Waals surface area contributed by atoms with E-state index in [4.69, 9.17) is 24.7 Å². The minimum Gasteiger partial charge on any atom is 0 e. The van der Waals surface area contributed by atoms with Crippen molar-refractivity contribution in [2.75, 3.05) is 0 Å². The Morgan fingerprint density at radius 1 is 1.22 bits per heavy atom. The molecule has 0 saturated heterocycles. The number of rotatable bonds is 3. The van der Waals surface area contributed by atoms with E-state index in [0.29, 0.717) is 0 Å². The van der Waals surface area contributed by atoms with Crippen LogP contribution in [0.3, 0.4) is 0 Å². The van der Waals surface area contributed by atoms with Crippen molar-refractivity contribution in [3.63, 3.8) is 0 Å². The Kier molecular flexibility index (Phi) is 75.9. The molecule has 0 radical (unpaired) electrons. The molecule has 0 aromatic rings. The molecule has 0 aliphatic heterocycles. The van der Waals surface area contributed by atoms with E-state index in [1.165, 1.54) is 6.08 Å². The Bertz CT molecular complexity index is 345. The van der Waals surface area contributed by atoms with E-state index in [-0.39, 0.29) is 23.1 Å². The second-order valence-corrected chi connectivity index (χ2v) is 1.82. The summed E-state index contributed by atoms with van der Waals surface area (Å²) in [6, 6.07) is 1.67. The molecule has 0 N–H and O–H groups in total. The van der Waals surface area contributed by atoms with E-state index >= 15 is 0 Å². The Morgan fingerprint density at radius 2 is 1.67 bits per heavy atom. The quantitative estimate of drug-likeness (QED) is 0.113. The molecular formula is C10H8FeN4O3. The Labute approximate surface area is 115 Å². The molecule has 0 aliphatic carbocycles. The van der Waals surface area contributed by atoms with Crippen molar-refractivity contribution < 1.29 is 31.0 Å². The van der Waals surface area contributed by atoms with Gasteiger partial charge in [0, 0.05) is 28.1 Å². The molecule has 8 heteroatoms. The molecule has 0 aromatic heterocycles. The Balaban J connectivity index is -0.0000000700. The molecule has 0 rings (SSSR count). The summed E-state index contributed by atoms with van der Waals surface area (Å²) in [5, 5.41) is 11.5. The first-order valence-electron chi connectivity index (χ1n) is 3.69. The number of hydrogen-bond acceptors (Lipinski definition) is 2. The van der Waals surface area contributed by atoms with Gasteiger partial charge in [0.05, 0.1) is 12.1 Å². The molecule has 0 unspecified atom stereocenters. The van der Waals surface area contributed by atoms with Crippen LogP contribution in [0.4, 0.5) is 0 Å². The minimum absolute atomic E-state index is 0. The number of hydrogen-bond donors (Lipinski definition) is 0. The zero-order valence-electron chi connectivity index (χ0n) is 9.25. The van der Waals surface area contributed by atoms with E-state index in [9.17, 15) is 0 Å². The summed E-state index contributed by atoms with van der Waals surface area (Å²) in [7, 11) is 0. The maximum Gasteiger partial charge on any atom is 0 e. The van der Waals surface area contributed by atoms with Crippen LogP contribution in [0.2, 0.25) is 0 Å². The second-order valence-electron chi connectivity index (χ2n) is 1.82. The van der Waals surface area contributed by atoms with Gasteiger partial charge in [0.25, 0.3) is 0 Å². The first kappa shape index (κ1) is 29.8. The van der Waals surface area contributed by atoms with Gasteiger partial charge in [-0.15, -0.1) is 0 Å². The van der Waals surface area contributed by atoms with Crippen molar-refractivity contribution in [1.82, 2.24) is 0 Å². The van der Waals surface area contributed by atoms with E-state index in [1.54, 1.807) is 25.2 Å². The van der Waals surface area contributed by atoms with Crippen molar-refractivity contribution in [1.29, 1.82) is 5.26 Å². The van der Waals surface area contributed by atoms with Gasteiger partial charge in [0.2, 0.25) is 0 Å². The molecular weight excluding hydrogens is 280 g/mol. The molecule has 18 heavy (non-hydrogen) atoms. The SMILES string of the molecule is C[C@H](/C=C/C=C/C#N)N=[N+]=[N-].[C-]#[O+].[C-]#[O+].[C-]#[O+].[Fe]. The first-order chi connectivity index (χ1) is 8.31. The molecule has 0 fully saturated rings. The topological polar surface area (TPSA) is 132 Å². The fourth-order valence-corrected chi connectivity index (χ4v) is 0.443. The zero-order chi connectivity index (χ0) is 14.5. The minimum atomic E-state index is -0.164. The van der Waals surface area contributed by atoms with Crippen LogP contribution < -0.4 is 0 Å². The smallest absolute Gasteiger partial charge is 0 e. The Morgan fingerprint density at radius 3 is 2.00 bits per heavy atom. The van der Waals surface area contributed by atoms with Gasteiger partial charge in [-0.25, -0.2) is 0 Å². The van der Waals surface area contributed by atoms with Crippen molar-refractivity contribution >= 4 is 0 Å². The number of allylic oxidation sites excluding steroid dienone is 3. The van der Waals surface area contributed by atoms with E-state index in [2.05, 4.69) is 30.0 Å². The van der Waals surface area contributed by atoms with E-state index < -0.39 is 0 Å². The third kappa shape index (κ3) is 48.2. The van der Waals surface area contributed by atoms with Crippen LogP contribution in [0, 0.1) is 31.3 Å². The maximum atomic E-state index is 8.08. The summed E-state index contributed by atoms with van der Waals surface area (Å²) in [4.78, 5) is 2.62. The predicted molar refractivity (Wildman–Crippen MR) is 54.3 cm³/mol. The van der Waals surface area contributed by atoms with E-state index in [1.807, 2.05) is 6.07 Å². The monoisotopic (exact) mass is 288 g/mol. The van der Waals surface area contributed by atoms with Crippen LogP contribution in [-0.2, 0) is 31.0 Å². The first-order valence-corrected chi connectivity index (χ1v) is 3.69. The number of nitriles is 1. The fraction of sp³-hybridized carbons (Fsp3) is 0.200. The van der Waals surface area contributed by atoms with Crippen LogP contribution in [0.25, 0.3) is 10.4 Å². The van der Waals surface area contributed by atoms with Crippen LogP contribution in [0.15, 0.2) is 29.4 Å². The van der Waals surface area contributed by atoms with Crippen LogP contribution >= 0.6 is 0 Å². The standard InChI is InChI=1S/C7H8N4.3CO.Fe/c1-7(10-11-9)5-3-2-4-6-8;3*1-2;/h2-5,7H,1H3;;;;/b4-2+,5-3+;;;;/t7-;;;;/m1..../s1. The largest absolute Gasteiger partial charge is 0 e. The second kappa shape index (κ2) is 45.9.